The molecule has 4 N–H and O–H groups in total. The van der Waals surface area contributed by atoms with E-state index in [1.54, 1.807) is 18.2 Å². The number of fused-ring (bicyclic) bond motifs is 1. The number of ether oxygens (including phenoxy) is 1. The molecule has 11 heteroatoms. The average molecular weight is 464 g/mol. The Hall–Kier alpha value is -3.21. The third-order valence-electron chi connectivity index (χ3n) is 5.26. The van der Waals surface area contributed by atoms with Crippen molar-refractivity contribution in [2.24, 2.45) is 0 Å². The maximum Gasteiger partial charge on any atom is 0.410 e. The summed E-state index contributed by atoms with van der Waals surface area (Å²) in [5.74, 6) is -4.52. The molecular formula is C21H19ClFN3O6. The van der Waals surface area contributed by atoms with Gasteiger partial charge >= 0.3 is 17.8 Å². The molecule has 2 aromatic rings. The van der Waals surface area contributed by atoms with Crippen LogP contribution in [0.2, 0.25) is 5.02 Å². The van der Waals surface area contributed by atoms with Crippen molar-refractivity contribution in [1.29, 1.82) is 0 Å². The lowest BCUT2D eigenvalue weighted by Crippen LogP contribution is -2.51. The number of amides is 3. The SMILES string of the molecule is O=C1CCc2cc(N3CC(O)C(O)(OC(=O)NCc4cc(F)cc(Cl)c4)C3=O)ccc2N1. The zero-order valence-electron chi connectivity index (χ0n) is 16.6. The van der Waals surface area contributed by atoms with Crippen LogP contribution < -0.4 is 15.5 Å². The van der Waals surface area contributed by atoms with Gasteiger partial charge in [0.2, 0.25) is 5.91 Å². The van der Waals surface area contributed by atoms with Crippen molar-refractivity contribution in [3.63, 3.8) is 0 Å². The molecule has 2 atom stereocenters. The molecule has 2 aliphatic rings. The fraction of sp³-hybridized carbons (Fsp3) is 0.286. The summed E-state index contributed by atoms with van der Waals surface area (Å²) >= 11 is 5.76. The summed E-state index contributed by atoms with van der Waals surface area (Å²) in [7, 11) is 0. The number of hydrogen-bond acceptors (Lipinski definition) is 6. The molecule has 0 aromatic heterocycles. The van der Waals surface area contributed by atoms with Gasteiger partial charge in [-0.3, -0.25) is 9.59 Å². The summed E-state index contributed by atoms with van der Waals surface area (Å²) in [6.45, 7) is -0.496. The molecule has 2 aliphatic heterocycles. The van der Waals surface area contributed by atoms with Gasteiger partial charge in [0.05, 0.1) is 6.54 Å². The van der Waals surface area contributed by atoms with Crippen LogP contribution in [0, 0.1) is 5.82 Å². The largest absolute Gasteiger partial charge is 0.410 e. The predicted octanol–water partition coefficient (Wildman–Crippen LogP) is 1.69. The number of benzene rings is 2. The zero-order valence-corrected chi connectivity index (χ0v) is 17.4. The lowest BCUT2D eigenvalue weighted by atomic mass is 10.0. The van der Waals surface area contributed by atoms with Crippen LogP contribution in [0.4, 0.5) is 20.6 Å². The number of alkyl carbamates (subject to hydrolysis) is 1. The maximum absolute atomic E-state index is 13.4. The number of carbonyl (C=O) groups excluding carboxylic acids is 3. The van der Waals surface area contributed by atoms with Gasteiger partial charge in [0, 0.05) is 29.4 Å². The van der Waals surface area contributed by atoms with E-state index in [4.69, 9.17) is 16.3 Å². The fourth-order valence-electron chi connectivity index (χ4n) is 3.65. The summed E-state index contributed by atoms with van der Waals surface area (Å²) in [5, 5.41) is 26.1. The topological polar surface area (TPSA) is 128 Å². The molecule has 0 radical (unpaired) electrons. The Labute approximate surface area is 186 Å². The lowest BCUT2D eigenvalue weighted by Gasteiger charge is -2.24. The molecule has 0 aliphatic carbocycles. The van der Waals surface area contributed by atoms with Gasteiger partial charge in [0.25, 0.3) is 0 Å². The maximum atomic E-state index is 13.4. The molecule has 2 aromatic carbocycles. The third kappa shape index (κ3) is 4.24. The highest BCUT2D eigenvalue weighted by Crippen LogP contribution is 2.33. The highest BCUT2D eigenvalue weighted by atomic mass is 35.5. The number of anilines is 2. The fourth-order valence-corrected chi connectivity index (χ4v) is 3.90. The first-order valence-corrected chi connectivity index (χ1v) is 10.1. The normalized spacial score (nSPS) is 22.4. The Morgan fingerprint density at radius 3 is 2.81 bits per heavy atom. The standard InChI is InChI=1S/C21H19ClFN3O6/c22-13-5-11(6-14(23)8-13)9-24-20(30)32-21(31)17(27)10-26(19(21)29)15-2-3-16-12(7-15)1-4-18(28)25-16/h2-3,5-8,17,27,31H,1,4,9-10H2,(H,24,30)(H,25,28). The van der Waals surface area contributed by atoms with E-state index in [2.05, 4.69) is 10.6 Å². The number of β-amino-alcohol motifs (C(OH)–C–C–N with tert-alkyl or cyclic N) is 1. The van der Waals surface area contributed by atoms with E-state index in [9.17, 15) is 29.0 Å². The van der Waals surface area contributed by atoms with Crippen LogP contribution >= 0.6 is 11.6 Å². The predicted molar refractivity (Wildman–Crippen MR) is 111 cm³/mol. The van der Waals surface area contributed by atoms with Gasteiger partial charge in [0.15, 0.2) is 0 Å². The number of halogens is 2. The quantitative estimate of drug-likeness (QED) is 0.511. The zero-order chi connectivity index (χ0) is 23.0. The van der Waals surface area contributed by atoms with Gasteiger partial charge in [-0.15, -0.1) is 0 Å². The summed E-state index contributed by atoms with van der Waals surface area (Å²) in [6, 6.07) is 8.51. The van der Waals surface area contributed by atoms with E-state index in [0.29, 0.717) is 29.8 Å². The number of aryl methyl sites for hydroxylation is 1. The molecule has 0 spiro atoms. The van der Waals surface area contributed by atoms with Gasteiger partial charge in [-0.2, -0.15) is 0 Å². The summed E-state index contributed by atoms with van der Waals surface area (Å²) in [4.78, 5) is 37.6. The number of aliphatic hydroxyl groups is 2. The van der Waals surface area contributed by atoms with Crippen LogP contribution in [-0.2, 0) is 27.3 Å². The molecule has 168 valence electrons. The molecule has 4 rings (SSSR count). The van der Waals surface area contributed by atoms with E-state index in [1.165, 1.54) is 6.07 Å². The molecule has 9 nitrogen and oxygen atoms in total. The van der Waals surface area contributed by atoms with Crippen LogP contribution in [0.3, 0.4) is 0 Å². The molecule has 0 saturated carbocycles. The Kier molecular flexibility index (Phi) is 5.76. The van der Waals surface area contributed by atoms with E-state index >= 15 is 0 Å². The Balaban J connectivity index is 1.45. The first kappa shape index (κ1) is 22.0. The minimum absolute atomic E-state index is 0.104. The van der Waals surface area contributed by atoms with Crippen molar-refractivity contribution in [3.8, 4) is 0 Å². The molecular weight excluding hydrogens is 445 g/mol. The van der Waals surface area contributed by atoms with Crippen LogP contribution in [0.25, 0.3) is 0 Å². The lowest BCUT2D eigenvalue weighted by molar-refractivity contribution is -0.203. The molecule has 2 unspecified atom stereocenters. The van der Waals surface area contributed by atoms with Crippen molar-refractivity contribution in [2.75, 3.05) is 16.8 Å². The summed E-state index contributed by atoms with van der Waals surface area (Å²) in [5.41, 5.74) is 2.13. The second-order valence-corrected chi connectivity index (χ2v) is 7.97. The average Bonchev–Trinajstić information content (AvgIpc) is 2.95. The Morgan fingerprint density at radius 2 is 2.06 bits per heavy atom. The highest BCUT2D eigenvalue weighted by Gasteiger charge is 2.57. The van der Waals surface area contributed by atoms with E-state index < -0.39 is 29.7 Å². The van der Waals surface area contributed by atoms with Crippen molar-refractivity contribution < 1.29 is 33.7 Å². The second kappa shape index (κ2) is 8.38. The Bertz CT molecular complexity index is 1090. The molecule has 3 amide bonds. The van der Waals surface area contributed by atoms with E-state index in [1.807, 2.05) is 0 Å². The summed E-state index contributed by atoms with van der Waals surface area (Å²) in [6.07, 6.45) is -2.11. The minimum atomic E-state index is -2.80. The molecule has 0 bridgehead atoms. The van der Waals surface area contributed by atoms with Crippen molar-refractivity contribution in [1.82, 2.24) is 5.32 Å². The summed E-state index contributed by atoms with van der Waals surface area (Å²) < 4.78 is 18.3. The van der Waals surface area contributed by atoms with Crippen molar-refractivity contribution in [2.45, 2.75) is 31.3 Å². The van der Waals surface area contributed by atoms with Gasteiger partial charge < -0.3 is 30.5 Å². The first-order chi connectivity index (χ1) is 15.2. The number of hydrogen-bond donors (Lipinski definition) is 4. The third-order valence-corrected chi connectivity index (χ3v) is 5.48. The van der Waals surface area contributed by atoms with Crippen LogP contribution in [0.5, 0.6) is 0 Å². The van der Waals surface area contributed by atoms with Crippen LogP contribution in [-0.4, -0.2) is 46.6 Å². The number of nitrogens with zero attached hydrogens (tertiary/aromatic N) is 1. The number of aliphatic hydroxyl groups excluding tert-OH is 1. The molecule has 2 heterocycles. The van der Waals surface area contributed by atoms with Gasteiger partial charge in [-0.05, 0) is 53.9 Å². The monoisotopic (exact) mass is 463 g/mol. The van der Waals surface area contributed by atoms with Gasteiger partial charge in [0.1, 0.15) is 11.9 Å². The van der Waals surface area contributed by atoms with E-state index in [-0.39, 0.29) is 24.0 Å². The minimum Gasteiger partial charge on any atom is -0.404 e. The Morgan fingerprint density at radius 1 is 1.28 bits per heavy atom. The molecule has 1 fully saturated rings. The first-order valence-electron chi connectivity index (χ1n) is 9.73. The second-order valence-electron chi connectivity index (χ2n) is 7.54. The molecule has 1 saturated heterocycles. The number of carbonyl (C=O) groups is 3. The van der Waals surface area contributed by atoms with E-state index in [0.717, 1.165) is 22.6 Å². The number of nitrogens with one attached hydrogen (secondary N) is 2. The van der Waals surface area contributed by atoms with Crippen molar-refractivity contribution >= 4 is 40.9 Å². The smallest absolute Gasteiger partial charge is 0.404 e. The molecule has 32 heavy (non-hydrogen) atoms. The van der Waals surface area contributed by atoms with Gasteiger partial charge in [-0.25, -0.2) is 9.18 Å². The highest BCUT2D eigenvalue weighted by molar-refractivity contribution is 6.30. The van der Waals surface area contributed by atoms with Crippen LogP contribution in [0.15, 0.2) is 36.4 Å². The van der Waals surface area contributed by atoms with Crippen LogP contribution in [0.1, 0.15) is 17.5 Å². The van der Waals surface area contributed by atoms with Crippen molar-refractivity contribution in [3.05, 3.63) is 58.4 Å². The van der Waals surface area contributed by atoms with Gasteiger partial charge in [-0.1, -0.05) is 11.6 Å². The number of rotatable bonds is 4.